The van der Waals surface area contributed by atoms with Crippen molar-refractivity contribution < 1.29 is 18.7 Å². The van der Waals surface area contributed by atoms with E-state index in [0.717, 1.165) is 41.5 Å². The van der Waals surface area contributed by atoms with Crippen molar-refractivity contribution in [3.63, 3.8) is 0 Å². The fraction of sp³-hybridized carbons (Fsp3) is 0.478. The third-order valence-electron chi connectivity index (χ3n) is 5.80. The first-order valence-electron chi connectivity index (χ1n) is 10.2. The molecule has 0 bridgehead atoms. The van der Waals surface area contributed by atoms with Crippen LogP contribution in [0.25, 0.3) is 11.1 Å². The molecule has 2 N–H and O–H groups in total. The minimum absolute atomic E-state index is 0.274. The SMILES string of the molecule is CC(C)(C)OC(=O)N1CCC=C(c2c(F)cc(C(N)=O)c3c2C2=C(CCC2)C3)C1. The van der Waals surface area contributed by atoms with E-state index < -0.39 is 23.4 Å². The van der Waals surface area contributed by atoms with Crippen LogP contribution in [-0.4, -0.2) is 35.6 Å². The van der Waals surface area contributed by atoms with E-state index in [1.165, 1.54) is 11.6 Å². The highest BCUT2D eigenvalue weighted by molar-refractivity contribution is 6.00. The van der Waals surface area contributed by atoms with Gasteiger partial charge in [-0.15, -0.1) is 0 Å². The second-order valence-electron chi connectivity index (χ2n) is 9.03. The van der Waals surface area contributed by atoms with Crippen LogP contribution in [0, 0.1) is 5.82 Å². The monoisotopic (exact) mass is 398 g/mol. The highest BCUT2D eigenvalue weighted by atomic mass is 19.1. The van der Waals surface area contributed by atoms with E-state index in [2.05, 4.69) is 0 Å². The number of halogens is 1. The number of amides is 2. The molecule has 0 aromatic heterocycles. The van der Waals surface area contributed by atoms with Gasteiger partial charge in [-0.25, -0.2) is 9.18 Å². The smallest absolute Gasteiger partial charge is 0.410 e. The van der Waals surface area contributed by atoms with Gasteiger partial charge < -0.3 is 15.4 Å². The van der Waals surface area contributed by atoms with Crippen molar-refractivity contribution in [1.82, 2.24) is 4.90 Å². The van der Waals surface area contributed by atoms with E-state index in [1.807, 2.05) is 26.8 Å². The lowest BCUT2D eigenvalue weighted by molar-refractivity contribution is 0.0273. The number of primary amides is 1. The lowest BCUT2D eigenvalue weighted by Crippen LogP contribution is -2.39. The maximum Gasteiger partial charge on any atom is 0.410 e. The van der Waals surface area contributed by atoms with Gasteiger partial charge in [-0.2, -0.15) is 0 Å². The molecule has 1 aliphatic heterocycles. The number of rotatable bonds is 2. The maximum atomic E-state index is 15.3. The van der Waals surface area contributed by atoms with Crippen LogP contribution in [0.1, 0.15) is 73.5 Å². The first-order valence-corrected chi connectivity index (χ1v) is 10.2. The van der Waals surface area contributed by atoms with Gasteiger partial charge in [0, 0.05) is 24.2 Å². The predicted octanol–water partition coefficient (Wildman–Crippen LogP) is 4.44. The van der Waals surface area contributed by atoms with Crippen LogP contribution in [-0.2, 0) is 11.2 Å². The average molecular weight is 398 g/mol. The minimum atomic E-state index is -0.596. The third-order valence-corrected chi connectivity index (χ3v) is 5.80. The summed E-state index contributed by atoms with van der Waals surface area (Å²) in [5.74, 6) is -1.05. The summed E-state index contributed by atoms with van der Waals surface area (Å²) in [6.07, 6.45) is 5.82. The van der Waals surface area contributed by atoms with E-state index in [9.17, 15) is 9.59 Å². The summed E-state index contributed by atoms with van der Waals surface area (Å²) in [5, 5.41) is 0. The fourth-order valence-electron chi connectivity index (χ4n) is 4.67. The van der Waals surface area contributed by atoms with Crippen LogP contribution in [0.4, 0.5) is 9.18 Å². The molecule has 0 fully saturated rings. The number of ether oxygens (including phenoxy) is 1. The normalized spacial score (nSPS) is 18.5. The van der Waals surface area contributed by atoms with Crippen molar-refractivity contribution in [3.05, 3.63) is 45.8 Å². The molecule has 154 valence electrons. The maximum absolute atomic E-state index is 15.3. The van der Waals surface area contributed by atoms with Gasteiger partial charge in [0.25, 0.3) is 0 Å². The fourth-order valence-corrected chi connectivity index (χ4v) is 4.67. The number of nitrogens with two attached hydrogens (primary N) is 1. The molecular weight excluding hydrogens is 371 g/mol. The first-order chi connectivity index (χ1) is 13.7. The van der Waals surface area contributed by atoms with E-state index in [1.54, 1.807) is 4.90 Å². The van der Waals surface area contributed by atoms with E-state index >= 15 is 4.39 Å². The zero-order valence-electron chi connectivity index (χ0n) is 17.2. The number of allylic oxidation sites excluding steroid dienone is 2. The molecule has 1 aromatic carbocycles. The van der Waals surface area contributed by atoms with Crippen LogP contribution < -0.4 is 5.73 Å². The van der Waals surface area contributed by atoms with Crippen molar-refractivity contribution in [3.8, 4) is 0 Å². The Bertz CT molecular complexity index is 969. The zero-order valence-corrected chi connectivity index (χ0v) is 17.2. The van der Waals surface area contributed by atoms with Gasteiger partial charge in [0.1, 0.15) is 11.4 Å². The number of fused-ring (bicyclic) bond motifs is 2. The van der Waals surface area contributed by atoms with Gasteiger partial charge in [-0.05, 0) is 81.2 Å². The summed E-state index contributed by atoms with van der Waals surface area (Å²) in [4.78, 5) is 26.1. The molecule has 1 aromatic rings. The van der Waals surface area contributed by atoms with Gasteiger partial charge in [0.15, 0.2) is 0 Å². The van der Waals surface area contributed by atoms with E-state index in [0.29, 0.717) is 24.9 Å². The number of carbonyl (C=O) groups excluding carboxylic acids is 2. The molecule has 0 saturated carbocycles. The molecule has 0 saturated heterocycles. The zero-order chi connectivity index (χ0) is 20.9. The van der Waals surface area contributed by atoms with E-state index in [-0.39, 0.29) is 12.1 Å². The molecule has 0 radical (unpaired) electrons. The van der Waals surface area contributed by atoms with Crippen LogP contribution in [0.2, 0.25) is 0 Å². The van der Waals surface area contributed by atoms with Crippen molar-refractivity contribution in [2.45, 2.75) is 58.5 Å². The molecule has 3 aliphatic rings. The van der Waals surface area contributed by atoms with Gasteiger partial charge in [0.2, 0.25) is 5.91 Å². The topological polar surface area (TPSA) is 72.6 Å². The lowest BCUT2D eigenvalue weighted by atomic mass is 9.87. The van der Waals surface area contributed by atoms with Gasteiger partial charge >= 0.3 is 6.09 Å². The molecular formula is C23H27FN2O3. The summed E-state index contributed by atoms with van der Waals surface area (Å²) in [6.45, 7) is 6.31. The molecule has 2 aliphatic carbocycles. The highest BCUT2D eigenvalue weighted by Crippen LogP contribution is 2.48. The Morgan fingerprint density at radius 1 is 1.21 bits per heavy atom. The summed E-state index contributed by atoms with van der Waals surface area (Å²) in [7, 11) is 0. The number of hydrogen-bond donors (Lipinski definition) is 1. The third kappa shape index (κ3) is 3.56. The van der Waals surface area contributed by atoms with Gasteiger partial charge in [-0.3, -0.25) is 4.79 Å². The van der Waals surface area contributed by atoms with E-state index in [4.69, 9.17) is 10.5 Å². The summed E-state index contributed by atoms with van der Waals surface area (Å²) >= 11 is 0. The molecule has 2 amide bonds. The molecule has 4 rings (SSSR count). The molecule has 0 unspecified atom stereocenters. The predicted molar refractivity (Wildman–Crippen MR) is 110 cm³/mol. The second-order valence-corrected chi connectivity index (χ2v) is 9.03. The van der Waals surface area contributed by atoms with Crippen molar-refractivity contribution >= 4 is 23.1 Å². The lowest BCUT2D eigenvalue weighted by Gasteiger charge is -2.31. The Morgan fingerprint density at radius 2 is 1.97 bits per heavy atom. The van der Waals surface area contributed by atoms with Crippen molar-refractivity contribution in [2.75, 3.05) is 13.1 Å². The largest absolute Gasteiger partial charge is 0.444 e. The first kappa shape index (κ1) is 19.7. The Morgan fingerprint density at radius 3 is 2.66 bits per heavy atom. The molecule has 0 spiro atoms. The number of benzene rings is 1. The highest BCUT2D eigenvalue weighted by Gasteiger charge is 2.34. The Balaban J connectivity index is 1.74. The number of carbonyl (C=O) groups is 2. The standard InChI is InChI=1S/C23H27FN2O3/c1-23(2,3)29-22(28)26-9-5-7-14(12-26)19-18(24)11-17(21(25)27)16-10-13-6-4-8-15(13)20(16)19/h7,11H,4-6,8-10,12H2,1-3H3,(H2,25,27). The number of nitrogens with zero attached hydrogens (tertiary/aromatic N) is 1. The molecule has 5 nitrogen and oxygen atoms in total. The number of hydrogen-bond acceptors (Lipinski definition) is 3. The summed E-state index contributed by atoms with van der Waals surface area (Å²) in [6, 6.07) is 1.27. The molecule has 0 atom stereocenters. The quantitative estimate of drug-likeness (QED) is 0.800. The Kier molecular flexibility index (Phi) is 4.75. The van der Waals surface area contributed by atoms with Crippen molar-refractivity contribution in [1.29, 1.82) is 0 Å². The average Bonchev–Trinajstić information content (AvgIpc) is 3.21. The van der Waals surface area contributed by atoms with Crippen LogP contribution >= 0.6 is 0 Å². The molecule has 1 heterocycles. The van der Waals surface area contributed by atoms with Crippen LogP contribution in [0.3, 0.4) is 0 Å². The van der Waals surface area contributed by atoms with Gasteiger partial charge in [-0.1, -0.05) is 11.6 Å². The van der Waals surface area contributed by atoms with Crippen molar-refractivity contribution in [2.24, 2.45) is 5.73 Å². The summed E-state index contributed by atoms with van der Waals surface area (Å²) in [5.41, 5.74) is 10.6. The van der Waals surface area contributed by atoms with Crippen LogP contribution in [0.5, 0.6) is 0 Å². The Labute approximate surface area is 170 Å². The van der Waals surface area contributed by atoms with Gasteiger partial charge in [0.05, 0.1) is 0 Å². The second kappa shape index (κ2) is 7.01. The minimum Gasteiger partial charge on any atom is -0.444 e. The Hall–Kier alpha value is -2.63. The molecule has 29 heavy (non-hydrogen) atoms. The summed E-state index contributed by atoms with van der Waals surface area (Å²) < 4.78 is 20.8. The molecule has 6 heteroatoms. The van der Waals surface area contributed by atoms with Crippen LogP contribution in [0.15, 0.2) is 17.7 Å².